The van der Waals surface area contributed by atoms with Gasteiger partial charge in [-0.25, -0.2) is 15.0 Å². The third-order valence-electron chi connectivity index (χ3n) is 4.59. The third kappa shape index (κ3) is 2.43. The minimum absolute atomic E-state index is 0.256. The van der Waals surface area contributed by atoms with E-state index in [2.05, 4.69) is 15.0 Å². The Hall–Kier alpha value is -1.85. The number of nitrogens with zero attached hydrogens (tertiary/aromatic N) is 5. The van der Waals surface area contributed by atoms with E-state index in [0.717, 1.165) is 0 Å². The minimum Gasteiger partial charge on any atom is -0.394 e. The van der Waals surface area contributed by atoms with Gasteiger partial charge in [-0.15, -0.1) is 0 Å². The van der Waals surface area contributed by atoms with E-state index in [1.165, 1.54) is 6.33 Å². The number of aliphatic hydroxyl groups is 4. The highest BCUT2D eigenvalue weighted by Gasteiger charge is 2.36. The molecule has 10 nitrogen and oxygen atoms in total. The highest BCUT2D eigenvalue weighted by molar-refractivity contribution is 5.83. The van der Waals surface area contributed by atoms with Gasteiger partial charge in [-0.1, -0.05) is 0 Å². The Morgan fingerprint density at radius 1 is 1.08 bits per heavy atom. The first-order chi connectivity index (χ1) is 11.6. The summed E-state index contributed by atoms with van der Waals surface area (Å²) in [7, 11) is 0. The second-order valence-electron chi connectivity index (χ2n) is 6.18. The molecule has 0 aromatic carbocycles. The monoisotopic (exact) mass is 337 g/mol. The van der Waals surface area contributed by atoms with Gasteiger partial charge in [0, 0.05) is 19.5 Å². The van der Waals surface area contributed by atoms with Gasteiger partial charge >= 0.3 is 0 Å². The molecule has 24 heavy (non-hydrogen) atoms. The Bertz CT molecular complexity index is 729. The second-order valence-corrected chi connectivity index (χ2v) is 6.18. The normalized spacial score (nSPS) is 33.7. The van der Waals surface area contributed by atoms with Crippen molar-refractivity contribution in [3.8, 4) is 0 Å². The van der Waals surface area contributed by atoms with E-state index in [0.29, 0.717) is 23.4 Å². The molecule has 4 N–H and O–H groups in total. The molecule has 2 aliphatic rings. The predicted molar refractivity (Wildman–Crippen MR) is 81.2 cm³/mol. The summed E-state index contributed by atoms with van der Waals surface area (Å²) in [4.78, 5) is 14.6. The van der Waals surface area contributed by atoms with Gasteiger partial charge in [-0.2, -0.15) is 0 Å². The predicted octanol–water partition coefficient (Wildman–Crippen LogP) is -1.99. The molecule has 0 saturated carbocycles. The van der Waals surface area contributed by atoms with Gasteiger partial charge < -0.3 is 30.1 Å². The number of rotatable bonds is 3. The molecule has 2 aliphatic heterocycles. The molecule has 0 amide bonds. The molecular formula is C14H19N5O5. The maximum absolute atomic E-state index is 9.90. The molecular weight excluding hydrogens is 318 g/mol. The Morgan fingerprint density at radius 2 is 1.83 bits per heavy atom. The van der Waals surface area contributed by atoms with Crippen molar-refractivity contribution in [1.82, 2.24) is 19.5 Å². The number of β-amino-alcohol motifs (C(OH)–C–C–N with tert-alkyl or cyclic N) is 2. The quantitative estimate of drug-likeness (QED) is 0.501. The number of imidazole rings is 1. The molecule has 0 aliphatic carbocycles. The minimum atomic E-state index is -0.823. The maximum atomic E-state index is 9.90. The van der Waals surface area contributed by atoms with Crippen LogP contribution in [-0.4, -0.2) is 84.1 Å². The Balaban J connectivity index is 1.67. The lowest BCUT2D eigenvalue weighted by Crippen LogP contribution is -2.24. The standard InChI is InChI=1S/C14H19N5O5/c20-4-10-7(21)1-11(24-10)19-6-17-12-13(15-5-16-14(12)19)18-2-8(22)9(23)3-18/h5-11,20-23H,1-4H2/t7-,8+,9+,10+,11+/m0/s1. The zero-order valence-electron chi connectivity index (χ0n) is 12.8. The number of fused-ring (bicyclic) bond motifs is 1. The highest BCUT2D eigenvalue weighted by Crippen LogP contribution is 2.32. The first-order valence-electron chi connectivity index (χ1n) is 7.81. The molecule has 0 spiro atoms. The molecule has 2 saturated heterocycles. The van der Waals surface area contributed by atoms with E-state index >= 15 is 0 Å². The summed E-state index contributed by atoms with van der Waals surface area (Å²) in [5.74, 6) is 0.534. The van der Waals surface area contributed by atoms with Gasteiger partial charge in [0.05, 0.1) is 31.2 Å². The first-order valence-corrected chi connectivity index (χ1v) is 7.81. The second kappa shape index (κ2) is 5.90. The molecule has 2 aromatic rings. The van der Waals surface area contributed by atoms with Gasteiger partial charge in [0.15, 0.2) is 17.0 Å². The van der Waals surface area contributed by atoms with Crippen molar-refractivity contribution in [2.75, 3.05) is 24.6 Å². The molecule has 0 bridgehead atoms. The fraction of sp³-hybridized carbons (Fsp3) is 0.643. The van der Waals surface area contributed by atoms with Crippen molar-refractivity contribution in [3.05, 3.63) is 12.7 Å². The Labute approximate surface area is 137 Å². The van der Waals surface area contributed by atoms with Crippen LogP contribution < -0.4 is 4.90 Å². The lowest BCUT2D eigenvalue weighted by atomic mass is 10.2. The molecule has 0 unspecified atom stereocenters. The number of ether oxygens (including phenoxy) is 1. The number of aromatic nitrogens is 4. The van der Waals surface area contributed by atoms with Crippen LogP contribution in [0.25, 0.3) is 11.2 Å². The number of anilines is 1. The summed E-state index contributed by atoms with van der Waals surface area (Å²) in [6.07, 6.45) is -0.214. The molecule has 4 rings (SSSR count). The lowest BCUT2D eigenvalue weighted by Gasteiger charge is -2.17. The largest absolute Gasteiger partial charge is 0.394 e. The maximum Gasteiger partial charge on any atom is 0.167 e. The number of hydrogen-bond acceptors (Lipinski definition) is 9. The molecule has 0 radical (unpaired) electrons. The van der Waals surface area contributed by atoms with Gasteiger partial charge in [0.25, 0.3) is 0 Å². The van der Waals surface area contributed by atoms with Crippen molar-refractivity contribution >= 4 is 17.0 Å². The third-order valence-corrected chi connectivity index (χ3v) is 4.59. The Kier molecular flexibility index (Phi) is 3.85. The first kappa shape index (κ1) is 15.7. The smallest absolute Gasteiger partial charge is 0.167 e. The average Bonchev–Trinajstić information content (AvgIpc) is 3.24. The SMILES string of the molecule is OC[C@H]1O[C@@H](n2cnc3c(N4C[C@@H](O)[C@H](O)C4)ncnc32)C[C@@H]1O. The molecule has 2 fully saturated rings. The average molecular weight is 337 g/mol. The van der Waals surface area contributed by atoms with Crippen molar-refractivity contribution in [2.45, 2.75) is 37.1 Å². The molecule has 5 atom stereocenters. The highest BCUT2D eigenvalue weighted by atomic mass is 16.5. The molecule has 2 aromatic heterocycles. The zero-order valence-corrected chi connectivity index (χ0v) is 12.8. The van der Waals surface area contributed by atoms with Gasteiger partial charge in [-0.3, -0.25) is 4.57 Å². The number of aliphatic hydroxyl groups excluding tert-OH is 4. The van der Waals surface area contributed by atoms with Crippen molar-refractivity contribution < 1.29 is 25.2 Å². The zero-order chi connectivity index (χ0) is 16.8. The summed E-state index contributed by atoms with van der Waals surface area (Å²) in [6, 6.07) is 0. The van der Waals surface area contributed by atoms with Crippen LogP contribution in [0.5, 0.6) is 0 Å². The van der Waals surface area contributed by atoms with E-state index in [1.807, 2.05) is 0 Å². The summed E-state index contributed by atoms with van der Waals surface area (Å²) in [6.45, 7) is 0.283. The van der Waals surface area contributed by atoms with Crippen LogP contribution in [0, 0.1) is 0 Å². The van der Waals surface area contributed by atoms with Crippen LogP contribution in [0.1, 0.15) is 12.6 Å². The van der Waals surface area contributed by atoms with Crippen LogP contribution in [0.15, 0.2) is 12.7 Å². The Morgan fingerprint density at radius 3 is 2.50 bits per heavy atom. The lowest BCUT2D eigenvalue weighted by molar-refractivity contribution is -0.0432. The van der Waals surface area contributed by atoms with E-state index < -0.39 is 30.6 Å². The molecule has 4 heterocycles. The van der Waals surface area contributed by atoms with Crippen LogP contribution in [-0.2, 0) is 4.74 Å². The van der Waals surface area contributed by atoms with Crippen molar-refractivity contribution in [2.24, 2.45) is 0 Å². The number of hydrogen-bond donors (Lipinski definition) is 4. The summed E-state index contributed by atoms with van der Waals surface area (Å²) < 4.78 is 7.34. The fourth-order valence-electron chi connectivity index (χ4n) is 3.27. The molecule has 10 heteroatoms. The van der Waals surface area contributed by atoms with E-state index in [9.17, 15) is 20.4 Å². The van der Waals surface area contributed by atoms with Gasteiger partial charge in [-0.05, 0) is 0 Å². The summed E-state index contributed by atoms with van der Waals surface area (Å²) in [5.41, 5.74) is 1.07. The van der Waals surface area contributed by atoms with Crippen molar-refractivity contribution in [1.29, 1.82) is 0 Å². The summed E-state index contributed by atoms with van der Waals surface area (Å²) in [5, 5.41) is 38.6. The van der Waals surface area contributed by atoms with Crippen LogP contribution in [0.4, 0.5) is 5.82 Å². The molecule has 130 valence electrons. The van der Waals surface area contributed by atoms with E-state index in [-0.39, 0.29) is 19.7 Å². The van der Waals surface area contributed by atoms with E-state index in [1.54, 1.807) is 15.8 Å². The topological polar surface area (TPSA) is 137 Å². The van der Waals surface area contributed by atoms with Gasteiger partial charge in [0.1, 0.15) is 18.7 Å². The summed E-state index contributed by atoms with van der Waals surface area (Å²) >= 11 is 0. The van der Waals surface area contributed by atoms with Gasteiger partial charge in [0.2, 0.25) is 0 Å². The van der Waals surface area contributed by atoms with Crippen LogP contribution >= 0.6 is 0 Å². The van der Waals surface area contributed by atoms with Crippen molar-refractivity contribution in [3.63, 3.8) is 0 Å². The fourth-order valence-corrected chi connectivity index (χ4v) is 3.27. The van der Waals surface area contributed by atoms with E-state index in [4.69, 9.17) is 4.74 Å². The van der Waals surface area contributed by atoms with Crippen LogP contribution in [0.2, 0.25) is 0 Å². The van der Waals surface area contributed by atoms with Crippen LogP contribution in [0.3, 0.4) is 0 Å².